The smallest absolute Gasteiger partial charge is 0.330 e. The zero-order chi connectivity index (χ0) is 17.6. The quantitative estimate of drug-likeness (QED) is 0.526. The third kappa shape index (κ3) is 4.20. The van der Waals surface area contributed by atoms with Gasteiger partial charge in [-0.25, -0.2) is 14.5 Å². The minimum absolute atomic E-state index is 0.343. The number of benzene rings is 2. The molecule has 0 radical (unpaired) electrons. The van der Waals surface area contributed by atoms with Gasteiger partial charge in [-0.05, 0) is 37.6 Å². The van der Waals surface area contributed by atoms with Gasteiger partial charge in [0.25, 0.3) is 0 Å². The van der Waals surface area contributed by atoms with E-state index in [9.17, 15) is 4.79 Å². The number of rotatable bonds is 5. The first kappa shape index (κ1) is 16.6. The van der Waals surface area contributed by atoms with Crippen LogP contribution in [0, 0.1) is 6.92 Å². The van der Waals surface area contributed by atoms with Crippen molar-refractivity contribution in [1.82, 2.24) is 14.8 Å². The van der Waals surface area contributed by atoms with Gasteiger partial charge < -0.3 is 4.74 Å². The maximum Gasteiger partial charge on any atom is 0.330 e. The molecule has 0 saturated carbocycles. The highest BCUT2D eigenvalue weighted by molar-refractivity contribution is 5.87. The van der Waals surface area contributed by atoms with Gasteiger partial charge in [-0.1, -0.05) is 42.0 Å². The second-order valence-corrected chi connectivity index (χ2v) is 5.56. The maximum atomic E-state index is 11.3. The number of aryl methyl sites for hydroxylation is 1. The summed E-state index contributed by atoms with van der Waals surface area (Å²) in [5.74, 6) is 0.312. The highest BCUT2D eigenvalue weighted by Gasteiger charge is 2.05. The van der Waals surface area contributed by atoms with Crippen molar-refractivity contribution in [2.75, 3.05) is 6.61 Å². The average Bonchev–Trinajstić information content (AvgIpc) is 3.11. The zero-order valence-electron chi connectivity index (χ0n) is 14.2. The molecule has 0 spiro atoms. The van der Waals surface area contributed by atoms with Gasteiger partial charge in [-0.3, -0.25) is 0 Å². The van der Waals surface area contributed by atoms with Crippen molar-refractivity contribution in [1.29, 1.82) is 0 Å². The minimum atomic E-state index is -0.343. The molecule has 0 aliphatic carbocycles. The van der Waals surface area contributed by atoms with E-state index in [-0.39, 0.29) is 5.97 Å². The van der Waals surface area contributed by atoms with Crippen LogP contribution in [-0.4, -0.2) is 27.3 Å². The fraction of sp³-hybridized carbons (Fsp3) is 0.150. The number of ether oxygens (including phenoxy) is 1. The molecule has 5 nitrogen and oxygen atoms in total. The number of esters is 1. The molecule has 3 aromatic rings. The third-order valence-corrected chi connectivity index (χ3v) is 3.66. The second kappa shape index (κ2) is 7.57. The first-order valence-electron chi connectivity index (χ1n) is 8.09. The third-order valence-electron chi connectivity index (χ3n) is 3.66. The Morgan fingerprint density at radius 1 is 1.12 bits per heavy atom. The molecule has 1 aromatic heterocycles. The molecule has 0 bridgehead atoms. The molecule has 25 heavy (non-hydrogen) atoms. The Labute approximate surface area is 146 Å². The van der Waals surface area contributed by atoms with Gasteiger partial charge in [-0.15, -0.1) is 5.10 Å². The lowest BCUT2D eigenvalue weighted by Gasteiger charge is -2.01. The van der Waals surface area contributed by atoms with E-state index < -0.39 is 0 Å². The van der Waals surface area contributed by atoms with Crippen LogP contribution in [0.1, 0.15) is 18.1 Å². The fourth-order valence-electron chi connectivity index (χ4n) is 2.32. The Balaban J connectivity index is 1.74. The Morgan fingerprint density at radius 3 is 2.52 bits per heavy atom. The van der Waals surface area contributed by atoms with E-state index in [0.29, 0.717) is 12.4 Å². The first-order chi connectivity index (χ1) is 12.2. The molecule has 126 valence electrons. The number of carbonyl (C=O) groups excluding carboxylic acids is 1. The summed E-state index contributed by atoms with van der Waals surface area (Å²) in [6.45, 7) is 4.20. The summed E-state index contributed by atoms with van der Waals surface area (Å²) in [6.07, 6.45) is 4.84. The molecule has 1 heterocycles. The van der Waals surface area contributed by atoms with E-state index in [0.717, 1.165) is 16.8 Å². The molecule has 0 fully saturated rings. The molecule has 0 aliphatic rings. The molecular weight excluding hydrogens is 314 g/mol. The molecule has 0 unspecified atom stereocenters. The number of carbonyl (C=O) groups is 1. The topological polar surface area (TPSA) is 57.0 Å². The van der Waals surface area contributed by atoms with E-state index >= 15 is 0 Å². The van der Waals surface area contributed by atoms with Gasteiger partial charge >= 0.3 is 5.97 Å². The summed E-state index contributed by atoms with van der Waals surface area (Å²) < 4.78 is 6.61. The van der Waals surface area contributed by atoms with Gasteiger partial charge in [0, 0.05) is 11.6 Å². The van der Waals surface area contributed by atoms with Crippen molar-refractivity contribution in [2.24, 2.45) is 0 Å². The highest BCUT2D eigenvalue weighted by Crippen LogP contribution is 2.17. The SMILES string of the molecule is CCOC(=O)/C=C/c1ccc(-c2ncn(-c3ccc(C)cc3)n2)cc1. The van der Waals surface area contributed by atoms with Crippen LogP contribution < -0.4 is 0 Å². The van der Waals surface area contributed by atoms with Crippen molar-refractivity contribution in [2.45, 2.75) is 13.8 Å². The van der Waals surface area contributed by atoms with E-state index in [1.54, 1.807) is 24.0 Å². The lowest BCUT2D eigenvalue weighted by Crippen LogP contribution is -1.98. The van der Waals surface area contributed by atoms with Crippen LogP contribution in [0.25, 0.3) is 23.2 Å². The van der Waals surface area contributed by atoms with Gasteiger partial charge in [0.1, 0.15) is 6.33 Å². The number of nitrogens with zero attached hydrogens (tertiary/aromatic N) is 3. The van der Waals surface area contributed by atoms with Gasteiger partial charge in [0.15, 0.2) is 5.82 Å². The Morgan fingerprint density at radius 2 is 1.84 bits per heavy atom. The highest BCUT2D eigenvalue weighted by atomic mass is 16.5. The van der Waals surface area contributed by atoms with Crippen molar-refractivity contribution < 1.29 is 9.53 Å². The average molecular weight is 333 g/mol. The predicted octanol–water partition coefficient (Wildman–Crippen LogP) is 3.82. The van der Waals surface area contributed by atoms with E-state index in [4.69, 9.17) is 4.74 Å². The Bertz CT molecular complexity index is 878. The zero-order valence-corrected chi connectivity index (χ0v) is 14.2. The number of aromatic nitrogens is 3. The largest absolute Gasteiger partial charge is 0.463 e. The monoisotopic (exact) mass is 333 g/mol. The minimum Gasteiger partial charge on any atom is -0.463 e. The van der Waals surface area contributed by atoms with Crippen LogP contribution in [0.15, 0.2) is 60.9 Å². The Hall–Kier alpha value is -3.21. The predicted molar refractivity (Wildman–Crippen MR) is 97.2 cm³/mol. The van der Waals surface area contributed by atoms with Crippen LogP contribution >= 0.6 is 0 Å². The second-order valence-electron chi connectivity index (χ2n) is 5.56. The summed E-state index contributed by atoms with van der Waals surface area (Å²) in [5, 5.41) is 4.52. The molecular formula is C20H19N3O2. The van der Waals surface area contributed by atoms with Crippen molar-refractivity contribution in [3.8, 4) is 17.1 Å². The van der Waals surface area contributed by atoms with Crippen LogP contribution in [0.4, 0.5) is 0 Å². The molecule has 0 atom stereocenters. The van der Waals surface area contributed by atoms with Crippen molar-refractivity contribution in [3.05, 3.63) is 72.1 Å². The van der Waals surface area contributed by atoms with Gasteiger partial charge in [0.2, 0.25) is 0 Å². The first-order valence-corrected chi connectivity index (χ1v) is 8.09. The summed E-state index contributed by atoms with van der Waals surface area (Å²) >= 11 is 0. The molecule has 0 saturated heterocycles. The molecule has 0 N–H and O–H groups in total. The normalized spacial score (nSPS) is 11.0. The van der Waals surface area contributed by atoms with Crippen LogP contribution in [0.3, 0.4) is 0 Å². The standard InChI is InChI=1S/C20H19N3O2/c1-3-25-19(24)13-8-16-6-9-17(10-7-16)20-21-14-23(22-20)18-11-4-15(2)5-12-18/h4-14H,3H2,1-2H3/b13-8+. The summed E-state index contributed by atoms with van der Waals surface area (Å²) in [7, 11) is 0. The summed E-state index contributed by atoms with van der Waals surface area (Å²) in [5.41, 5.74) is 4.00. The van der Waals surface area contributed by atoms with Gasteiger partial charge in [0.05, 0.1) is 12.3 Å². The van der Waals surface area contributed by atoms with E-state index in [1.165, 1.54) is 11.6 Å². The lowest BCUT2D eigenvalue weighted by molar-refractivity contribution is -0.137. The summed E-state index contributed by atoms with van der Waals surface area (Å²) in [6, 6.07) is 15.8. The molecule has 0 aliphatic heterocycles. The van der Waals surface area contributed by atoms with E-state index in [1.807, 2.05) is 48.5 Å². The van der Waals surface area contributed by atoms with Gasteiger partial charge in [-0.2, -0.15) is 0 Å². The van der Waals surface area contributed by atoms with E-state index in [2.05, 4.69) is 17.0 Å². The molecule has 5 heteroatoms. The van der Waals surface area contributed by atoms with Crippen LogP contribution in [-0.2, 0) is 9.53 Å². The fourth-order valence-corrected chi connectivity index (χ4v) is 2.32. The van der Waals surface area contributed by atoms with Crippen molar-refractivity contribution in [3.63, 3.8) is 0 Å². The number of hydrogen-bond acceptors (Lipinski definition) is 4. The van der Waals surface area contributed by atoms with Crippen molar-refractivity contribution >= 4 is 12.0 Å². The summed E-state index contributed by atoms with van der Waals surface area (Å²) in [4.78, 5) is 15.7. The number of hydrogen-bond donors (Lipinski definition) is 0. The maximum absolute atomic E-state index is 11.3. The Kier molecular flexibility index (Phi) is 5.04. The molecule has 3 rings (SSSR count). The molecule has 2 aromatic carbocycles. The van der Waals surface area contributed by atoms with Crippen LogP contribution in [0.2, 0.25) is 0 Å². The van der Waals surface area contributed by atoms with Crippen LogP contribution in [0.5, 0.6) is 0 Å². The molecule has 0 amide bonds. The lowest BCUT2D eigenvalue weighted by atomic mass is 10.1.